The monoisotopic (exact) mass is 356 g/mol. The summed E-state index contributed by atoms with van der Waals surface area (Å²) in [6, 6.07) is 13.8. The number of carbonyl (C=O) groups excluding carboxylic acids is 1. The van der Waals surface area contributed by atoms with Crippen molar-refractivity contribution in [3.8, 4) is 0 Å². The van der Waals surface area contributed by atoms with Crippen LogP contribution in [0, 0.1) is 5.82 Å². The fraction of sp³-hybridized carbons (Fsp3) is 0.0556. The number of nitrogens with zero attached hydrogens (tertiary/aromatic N) is 2. The summed E-state index contributed by atoms with van der Waals surface area (Å²) in [6.07, 6.45) is 2.79. The Hall–Kier alpha value is -2.99. The smallest absolute Gasteiger partial charge is 0.271 e. The van der Waals surface area contributed by atoms with Crippen LogP contribution in [0.3, 0.4) is 0 Å². The van der Waals surface area contributed by atoms with Crippen LogP contribution in [0.5, 0.6) is 0 Å². The van der Waals surface area contributed by atoms with Crippen LogP contribution in [0.15, 0.2) is 60.9 Å². The van der Waals surface area contributed by atoms with Gasteiger partial charge in [0.05, 0.1) is 17.4 Å². The van der Waals surface area contributed by atoms with Gasteiger partial charge >= 0.3 is 0 Å². The summed E-state index contributed by atoms with van der Waals surface area (Å²) in [5, 5.41) is 5.73. The minimum Gasteiger partial charge on any atom is -0.347 e. The first-order valence-electron chi connectivity index (χ1n) is 7.48. The van der Waals surface area contributed by atoms with Gasteiger partial charge in [0.1, 0.15) is 17.3 Å². The van der Waals surface area contributed by atoms with Crippen LogP contribution in [-0.2, 0) is 6.54 Å². The molecule has 0 radical (unpaired) electrons. The normalized spacial score (nSPS) is 10.3. The third-order valence-electron chi connectivity index (χ3n) is 3.37. The number of aromatic nitrogens is 2. The Morgan fingerprint density at radius 3 is 2.56 bits per heavy atom. The fourth-order valence-corrected chi connectivity index (χ4v) is 2.28. The van der Waals surface area contributed by atoms with Crippen molar-refractivity contribution >= 4 is 29.0 Å². The summed E-state index contributed by atoms with van der Waals surface area (Å²) in [5.41, 5.74) is 1.77. The summed E-state index contributed by atoms with van der Waals surface area (Å²) in [4.78, 5) is 20.3. The minimum absolute atomic E-state index is 0.00914. The highest BCUT2D eigenvalue weighted by Gasteiger charge is 2.08. The minimum atomic E-state index is -0.497. The average Bonchev–Trinajstić information content (AvgIpc) is 2.64. The van der Waals surface area contributed by atoms with Gasteiger partial charge < -0.3 is 10.6 Å². The molecule has 7 heteroatoms. The Labute approximate surface area is 148 Å². The number of nitrogens with one attached hydrogen (secondary N) is 2. The van der Waals surface area contributed by atoms with Crippen LogP contribution in [0.2, 0.25) is 5.02 Å². The van der Waals surface area contributed by atoms with Crippen molar-refractivity contribution < 1.29 is 9.18 Å². The number of hydrogen-bond acceptors (Lipinski definition) is 4. The van der Waals surface area contributed by atoms with E-state index in [0.29, 0.717) is 18.1 Å². The third kappa shape index (κ3) is 4.51. The summed E-state index contributed by atoms with van der Waals surface area (Å²) in [6.45, 7) is 0.412. The van der Waals surface area contributed by atoms with Gasteiger partial charge in [-0.3, -0.25) is 4.79 Å². The molecule has 2 aromatic carbocycles. The predicted octanol–water partition coefficient (Wildman–Crippen LogP) is 3.94. The summed E-state index contributed by atoms with van der Waals surface area (Å²) in [7, 11) is 0. The molecule has 0 saturated heterocycles. The molecule has 0 aliphatic heterocycles. The van der Waals surface area contributed by atoms with Crippen LogP contribution >= 0.6 is 11.6 Å². The number of amides is 1. The standard InChI is InChI=1S/C18H14ClFN4O/c19-14-8-13(6-7-15(14)20)24-17-11-21-16(10-22-17)18(25)23-9-12-4-2-1-3-5-12/h1-8,10-11H,9H2,(H,22,24)(H,23,25). The number of rotatable bonds is 5. The van der Waals surface area contributed by atoms with E-state index in [0.717, 1.165) is 5.56 Å². The van der Waals surface area contributed by atoms with Crippen molar-refractivity contribution in [1.29, 1.82) is 0 Å². The maximum atomic E-state index is 13.1. The largest absolute Gasteiger partial charge is 0.347 e. The molecule has 0 atom stereocenters. The van der Waals surface area contributed by atoms with E-state index in [-0.39, 0.29) is 16.6 Å². The third-order valence-corrected chi connectivity index (χ3v) is 3.66. The van der Waals surface area contributed by atoms with Gasteiger partial charge in [0, 0.05) is 12.2 Å². The van der Waals surface area contributed by atoms with Gasteiger partial charge in [-0.25, -0.2) is 14.4 Å². The Morgan fingerprint density at radius 2 is 1.88 bits per heavy atom. The van der Waals surface area contributed by atoms with Gasteiger partial charge in [0.2, 0.25) is 0 Å². The first-order chi connectivity index (χ1) is 12.1. The lowest BCUT2D eigenvalue weighted by molar-refractivity contribution is 0.0945. The molecule has 0 fully saturated rings. The number of benzene rings is 2. The molecule has 0 saturated carbocycles. The molecule has 2 N–H and O–H groups in total. The number of carbonyl (C=O) groups is 1. The molecule has 0 bridgehead atoms. The molecule has 1 amide bonds. The van der Waals surface area contributed by atoms with Crippen molar-refractivity contribution in [2.24, 2.45) is 0 Å². The second kappa shape index (κ2) is 7.72. The van der Waals surface area contributed by atoms with E-state index in [9.17, 15) is 9.18 Å². The van der Waals surface area contributed by atoms with Crippen molar-refractivity contribution in [3.63, 3.8) is 0 Å². The van der Waals surface area contributed by atoms with Crippen molar-refractivity contribution in [1.82, 2.24) is 15.3 Å². The van der Waals surface area contributed by atoms with Gasteiger partial charge in [-0.1, -0.05) is 41.9 Å². The van der Waals surface area contributed by atoms with E-state index in [1.165, 1.54) is 30.6 Å². The quantitative estimate of drug-likeness (QED) is 0.726. The van der Waals surface area contributed by atoms with Crippen molar-refractivity contribution in [2.45, 2.75) is 6.54 Å². The number of anilines is 2. The maximum absolute atomic E-state index is 13.1. The first kappa shape index (κ1) is 16.9. The second-order valence-corrected chi connectivity index (χ2v) is 5.62. The molecule has 3 rings (SSSR count). The Balaban J connectivity index is 1.61. The lowest BCUT2D eigenvalue weighted by atomic mass is 10.2. The zero-order chi connectivity index (χ0) is 17.6. The van der Waals surface area contributed by atoms with Gasteiger partial charge in [-0.2, -0.15) is 0 Å². The molecule has 0 unspecified atom stereocenters. The highest BCUT2D eigenvalue weighted by Crippen LogP contribution is 2.21. The molecule has 0 spiro atoms. The Bertz CT molecular complexity index is 872. The van der Waals surface area contributed by atoms with Gasteiger partial charge in [-0.15, -0.1) is 0 Å². The summed E-state index contributed by atoms with van der Waals surface area (Å²) < 4.78 is 13.1. The highest BCUT2D eigenvalue weighted by atomic mass is 35.5. The SMILES string of the molecule is O=C(NCc1ccccc1)c1cnc(Nc2ccc(F)c(Cl)c2)cn1. The number of hydrogen-bond donors (Lipinski definition) is 2. The predicted molar refractivity (Wildman–Crippen MR) is 94.3 cm³/mol. The molecule has 0 aliphatic carbocycles. The molecule has 1 heterocycles. The molecule has 126 valence electrons. The Morgan fingerprint density at radius 1 is 1.08 bits per heavy atom. The molecule has 3 aromatic rings. The van der Waals surface area contributed by atoms with E-state index in [1.54, 1.807) is 0 Å². The van der Waals surface area contributed by atoms with Gasteiger partial charge in [-0.05, 0) is 23.8 Å². The van der Waals surface area contributed by atoms with Crippen molar-refractivity contribution in [2.75, 3.05) is 5.32 Å². The van der Waals surface area contributed by atoms with Gasteiger partial charge in [0.25, 0.3) is 5.91 Å². The molecule has 0 aliphatic rings. The van der Waals surface area contributed by atoms with E-state index < -0.39 is 5.82 Å². The maximum Gasteiger partial charge on any atom is 0.271 e. The second-order valence-electron chi connectivity index (χ2n) is 5.21. The van der Waals surface area contributed by atoms with E-state index in [2.05, 4.69) is 20.6 Å². The highest BCUT2D eigenvalue weighted by molar-refractivity contribution is 6.31. The van der Waals surface area contributed by atoms with Crippen LogP contribution in [0.1, 0.15) is 16.1 Å². The number of halogens is 2. The average molecular weight is 357 g/mol. The first-order valence-corrected chi connectivity index (χ1v) is 7.86. The molecular weight excluding hydrogens is 343 g/mol. The lowest BCUT2D eigenvalue weighted by Gasteiger charge is -2.07. The molecule has 1 aromatic heterocycles. The molecular formula is C18H14ClFN4O. The van der Waals surface area contributed by atoms with Crippen LogP contribution in [0.4, 0.5) is 15.9 Å². The summed E-state index contributed by atoms with van der Waals surface area (Å²) >= 11 is 5.73. The van der Waals surface area contributed by atoms with Crippen LogP contribution in [-0.4, -0.2) is 15.9 Å². The van der Waals surface area contributed by atoms with Gasteiger partial charge in [0.15, 0.2) is 0 Å². The molecule has 25 heavy (non-hydrogen) atoms. The summed E-state index contributed by atoms with van der Waals surface area (Å²) in [5.74, 6) is -0.390. The Kier molecular flexibility index (Phi) is 5.20. The lowest BCUT2D eigenvalue weighted by Crippen LogP contribution is -2.24. The topological polar surface area (TPSA) is 66.9 Å². The van der Waals surface area contributed by atoms with E-state index in [1.807, 2.05) is 30.3 Å². The van der Waals surface area contributed by atoms with Crippen molar-refractivity contribution in [3.05, 3.63) is 83.0 Å². The fourth-order valence-electron chi connectivity index (χ4n) is 2.10. The zero-order valence-electron chi connectivity index (χ0n) is 13.0. The molecule has 5 nitrogen and oxygen atoms in total. The van der Waals surface area contributed by atoms with E-state index >= 15 is 0 Å². The van der Waals surface area contributed by atoms with E-state index in [4.69, 9.17) is 11.6 Å². The van der Waals surface area contributed by atoms with Crippen LogP contribution in [0.25, 0.3) is 0 Å². The van der Waals surface area contributed by atoms with Crippen LogP contribution < -0.4 is 10.6 Å². The zero-order valence-corrected chi connectivity index (χ0v) is 13.8.